The Morgan fingerprint density at radius 1 is 1.07 bits per heavy atom. The van der Waals surface area contributed by atoms with Gasteiger partial charge in [-0.1, -0.05) is 12.1 Å². The molecule has 1 fully saturated rings. The van der Waals surface area contributed by atoms with E-state index in [9.17, 15) is 13.2 Å². The lowest BCUT2D eigenvalue weighted by Gasteiger charge is -2.35. The molecule has 2 aromatic rings. The summed E-state index contributed by atoms with van der Waals surface area (Å²) < 4.78 is 28.1. The van der Waals surface area contributed by atoms with Crippen molar-refractivity contribution in [2.75, 3.05) is 32.5 Å². The molecule has 1 N–H and O–H groups in total. The van der Waals surface area contributed by atoms with Crippen molar-refractivity contribution in [3.63, 3.8) is 0 Å². The van der Waals surface area contributed by atoms with Crippen LogP contribution >= 0.6 is 0 Å². The zero-order valence-electron chi connectivity index (χ0n) is 16.5. The number of hydrogen-bond acceptors (Lipinski definition) is 5. The molecule has 1 saturated heterocycles. The Labute approximate surface area is 171 Å². The van der Waals surface area contributed by atoms with Crippen LogP contribution < -0.4 is 5.32 Å². The van der Waals surface area contributed by atoms with Gasteiger partial charge >= 0.3 is 0 Å². The Morgan fingerprint density at radius 2 is 1.72 bits per heavy atom. The van der Waals surface area contributed by atoms with E-state index in [0.717, 1.165) is 25.9 Å². The first-order valence-electron chi connectivity index (χ1n) is 9.62. The standard InChI is InChI=1S/C21H24N4O3S/c1-24(2)17-11-13-25(14-12-17)21(26)15-7-9-16(10-8-15)22-20-18-5-3-4-6-19(18)29(27,28)23-20/h3-10,17H,11-14H2,1-2H3,(H,22,23). The van der Waals surface area contributed by atoms with Gasteiger partial charge in [0.15, 0.2) is 5.84 Å². The highest BCUT2D eigenvalue weighted by atomic mass is 32.2. The third-order valence-corrected chi connectivity index (χ3v) is 6.84. The fraction of sp³-hybridized carbons (Fsp3) is 0.333. The number of nitrogens with zero attached hydrogens (tertiary/aromatic N) is 3. The molecule has 0 aromatic heterocycles. The van der Waals surface area contributed by atoms with Crippen molar-refractivity contribution in [3.8, 4) is 0 Å². The summed E-state index contributed by atoms with van der Waals surface area (Å²) >= 11 is 0. The smallest absolute Gasteiger partial charge is 0.285 e. The zero-order chi connectivity index (χ0) is 20.6. The number of hydrogen-bond donors (Lipinski definition) is 1. The van der Waals surface area contributed by atoms with Gasteiger partial charge in [-0.15, -0.1) is 4.40 Å². The van der Waals surface area contributed by atoms with Gasteiger partial charge in [-0.25, -0.2) is 0 Å². The van der Waals surface area contributed by atoms with E-state index in [1.807, 2.05) is 4.90 Å². The maximum absolute atomic E-state index is 12.8. The predicted octanol–water partition coefficient (Wildman–Crippen LogP) is 2.41. The van der Waals surface area contributed by atoms with Crippen LogP contribution in [0.25, 0.3) is 0 Å². The summed E-state index contributed by atoms with van der Waals surface area (Å²) in [6, 6.07) is 14.3. The van der Waals surface area contributed by atoms with Crippen LogP contribution in [0.15, 0.2) is 57.8 Å². The number of carbonyl (C=O) groups excluding carboxylic acids is 1. The number of sulfonamides is 1. The molecule has 0 spiro atoms. The van der Waals surface area contributed by atoms with Crippen LogP contribution in [0.2, 0.25) is 0 Å². The van der Waals surface area contributed by atoms with Gasteiger partial charge < -0.3 is 15.1 Å². The minimum absolute atomic E-state index is 0.0277. The third-order valence-electron chi connectivity index (χ3n) is 5.51. The Balaban J connectivity index is 1.45. The van der Waals surface area contributed by atoms with E-state index in [1.54, 1.807) is 48.5 Å². The van der Waals surface area contributed by atoms with Gasteiger partial charge in [0, 0.05) is 35.9 Å². The average Bonchev–Trinajstić information content (AvgIpc) is 2.98. The first-order chi connectivity index (χ1) is 13.8. The van der Waals surface area contributed by atoms with Gasteiger partial charge in [0.1, 0.15) is 4.90 Å². The third kappa shape index (κ3) is 3.90. The Bertz CT molecular complexity index is 1050. The largest absolute Gasteiger partial charge is 0.339 e. The number of rotatable bonds is 3. The minimum Gasteiger partial charge on any atom is -0.339 e. The lowest BCUT2D eigenvalue weighted by Crippen LogP contribution is -2.44. The van der Waals surface area contributed by atoms with E-state index in [2.05, 4.69) is 28.7 Å². The van der Waals surface area contributed by atoms with Gasteiger partial charge in [0.05, 0.1) is 0 Å². The Morgan fingerprint density at radius 3 is 2.38 bits per heavy atom. The summed E-state index contributed by atoms with van der Waals surface area (Å²) in [6.07, 6.45) is 1.96. The van der Waals surface area contributed by atoms with E-state index in [0.29, 0.717) is 28.7 Å². The van der Waals surface area contributed by atoms with Crippen molar-refractivity contribution in [1.82, 2.24) is 9.80 Å². The van der Waals surface area contributed by atoms with Crippen LogP contribution in [0.5, 0.6) is 0 Å². The normalized spacial score (nSPS) is 18.4. The molecule has 0 saturated carbocycles. The molecule has 0 radical (unpaired) electrons. The van der Waals surface area contributed by atoms with E-state index >= 15 is 0 Å². The summed E-state index contributed by atoms with van der Waals surface area (Å²) in [6.45, 7) is 1.51. The number of amidine groups is 1. The van der Waals surface area contributed by atoms with Crippen LogP contribution in [0.3, 0.4) is 0 Å². The van der Waals surface area contributed by atoms with Crippen LogP contribution in [-0.2, 0) is 10.0 Å². The van der Waals surface area contributed by atoms with E-state index in [-0.39, 0.29) is 10.8 Å². The zero-order valence-corrected chi connectivity index (χ0v) is 17.3. The molecule has 2 heterocycles. The highest BCUT2D eigenvalue weighted by molar-refractivity contribution is 7.90. The molecule has 0 aliphatic carbocycles. The Kier molecular flexibility index (Phi) is 5.14. The van der Waals surface area contributed by atoms with Crippen molar-refractivity contribution in [3.05, 3.63) is 59.7 Å². The maximum atomic E-state index is 12.8. The lowest BCUT2D eigenvalue weighted by atomic mass is 10.0. The molecule has 0 unspecified atom stereocenters. The summed E-state index contributed by atoms with van der Waals surface area (Å²) in [5.74, 6) is 0.324. The van der Waals surface area contributed by atoms with Crippen molar-refractivity contribution < 1.29 is 13.2 Å². The molecular formula is C21H24N4O3S. The van der Waals surface area contributed by atoms with Crippen LogP contribution in [0.4, 0.5) is 5.69 Å². The fourth-order valence-corrected chi connectivity index (χ4v) is 4.97. The number of amides is 1. The monoisotopic (exact) mass is 412 g/mol. The molecule has 152 valence electrons. The maximum Gasteiger partial charge on any atom is 0.285 e. The second-order valence-electron chi connectivity index (χ2n) is 7.60. The molecule has 2 aromatic carbocycles. The second kappa shape index (κ2) is 7.61. The number of benzene rings is 2. The average molecular weight is 413 g/mol. The highest BCUT2D eigenvalue weighted by Gasteiger charge is 2.28. The van der Waals surface area contributed by atoms with E-state index in [4.69, 9.17) is 0 Å². The summed E-state index contributed by atoms with van der Waals surface area (Å²) in [7, 11) is 0.491. The Hall–Kier alpha value is -2.71. The first kappa shape index (κ1) is 19.6. The molecule has 0 atom stereocenters. The van der Waals surface area contributed by atoms with Gasteiger partial charge in [0.2, 0.25) is 0 Å². The summed E-state index contributed by atoms with van der Waals surface area (Å²) in [4.78, 5) is 17.1. The number of nitrogens with one attached hydrogen (secondary N) is 1. The van der Waals surface area contributed by atoms with Crippen LogP contribution in [0.1, 0.15) is 28.8 Å². The molecule has 1 amide bonds. The van der Waals surface area contributed by atoms with Gasteiger partial charge in [0.25, 0.3) is 15.9 Å². The van der Waals surface area contributed by atoms with Crippen LogP contribution in [0, 0.1) is 0 Å². The molecular weight excluding hydrogens is 388 g/mol. The van der Waals surface area contributed by atoms with Crippen molar-refractivity contribution in [2.24, 2.45) is 4.40 Å². The topological polar surface area (TPSA) is 82.1 Å². The number of anilines is 1. The molecule has 4 rings (SSSR count). The van der Waals surface area contributed by atoms with Gasteiger partial charge in [-0.05, 0) is 63.3 Å². The minimum atomic E-state index is -3.66. The lowest BCUT2D eigenvalue weighted by molar-refractivity contribution is 0.0663. The number of fused-ring (bicyclic) bond motifs is 1. The number of carbonyl (C=O) groups is 1. The van der Waals surface area contributed by atoms with Crippen molar-refractivity contribution in [2.45, 2.75) is 23.8 Å². The number of piperidine rings is 1. The fourth-order valence-electron chi connectivity index (χ4n) is 3.80. The quantitative estimate of drug-likeness (QED) is 0.837. The molecule has 29 heavy (non-hydrogen) atoms. The molecule has 2 aliphatic heterocycles. The number of likely N-dealkylation sites (tertiary alicyclic amines) is 1. The molecule has 8 heteroatoms. The van der Waals surface area contributed by atoms with Gasteiger partial charge in [-0.2, -0.15) is 8.42 Å². The highest BCUT2D eigenvalue weighted by Crippen LogP contribution is 2.27. The predicted molar refractivity (Wildman–Crippen MR) is 113 cm³/mol. The molecule has 7 nitrogen and oxygen atoms in total. The summed E-state index contributed by atoms with van der Waals surface area (Å²) in [5, 5.41) is 3.06. The van der Waals surface area contributed by atoms with Gasteiger partial charge in [-0.3, -0.25) is 4.79 Å². The first-order valence-corrected chi connectivity index (χ1v) is 11.1. The molecule has 0 bridgehead atoms. The summed E-state index contributed by atoms with van der Waals surface area (Å²) in [5.41, 5.74) is 1.86. The van der Waals surface area contributed by atoms with Crippen molar-refractivity contribution in [1.29, 1.82) is 0 Å². The second-order valence-corrected chi connectivity index (χ2v) is 9.17. The van der Waals surface area contributed by atoms with Crippen LogP contribution in [-0.4, -0.2) is 63.2 Å². The van der Waals surface area contributed by atoms with E-state index in [1.165, 1.54) is 0 Å². The van der Waals surface area contributed by atoms with Crippen molar-refractivity contribution >= 4 is 27.5 Å². The SMILES string of the molecule is CN(C)C1CCN(C(=O)c2ccc(NC3=NS(=O)(=O)c4ccccc43)cc2)CC1. The molecule has 2 aliphatic rings. The van der Waals surface area contributed by atoms with E-state index < -0.39 is 10.0 Å².